The maximum absolute atomic E-state index is 12.6. The number of anilines is 1. The zero-order valence-corrected chi connectivity index (χ0v) is 14.0. The lowest BCUT2D eigenvalue weighted by molar-refractivity contribution is -0.137. The molecule has 0 radical (unpaired) electrons. The van der Waals surface area contributed by atoms with E-state index in [1.165, 1.54) is 12.1 Å². The van der Waals surface area contributed by atoms with Crippen molar-refractivity contribution in [2.24, 2.45) is 5.73 Å². The molecule has 140 valence electrons. The number of carbonyl (C=O) groups excluding carboxylic acids is 1. The van der Waals surface area contributed by atoms with Gasteiger partial charge >= 0.3 is 6.18 Å². The minimum Gasteiger partial charge on any atom is -0.472 e. The number of halogens is 3. The lowest BCUT2D eigenvalue weighted by Crippen LogP contribution is -2.27. The van der Waals surface area contributed by atoms with Crippen LogP contribution in [0.5, 0.6) is 5.88 Å². The maximum Gasteiger partial charge on any atom is 0.417 e. The summed E-state index contributed by atoms with van der Waals surface area (Å²) in [5.74, 6) is -0.541. The molecule has 3 rings (SSSR count). The first-order chi connectivity index (χ1) is 12.8. The normalized spacial score (nSPS) is 16.8. The number of nitrogens with two attached hydrogens (primary N) is 1. The van der Waals surface area contributed by atoms with Crippen LogP contribution in [0.25, 0.3) is 0 Å². The predicted octanol–water partition coefficient (Wildman–Crippen LogP) is 2.73. The van der Waals surface area contributed by atoms with E-state index in [0.29, 0.717) is 30.8 Å². The topological polar surface area (TPSA) is 92.2 Å². The van der Waals surface area contributed by atoms with Crippen LogP contribution in [0.15, 0.2) is 36.5 Å². The van der Waals surface area contributed by atoms with Crippen LogP contribution in [0.4, 0.5) is 18.9 Å². The number of alkyl halides is 3. The molecule has 2 heterocycles. The second-order valence-electron chi connectivity index (χ2n) is 6.07. The zero-order chi connectivity index (χ0) is 19.6. The summed E-state index contributed by atoms with van der Waals surface area (Å²) < 4.78 is 43.4. The van der Waals surface area contributed by atoms with Crippen LogP contribution in [0.3, 0.4) is 0 Å². The van der Waals surface area contributed by atoms with Crippen molar-refractivity contribution in [3.8, 4) is 11.9 Å². The highest BCUT2D eigenvalue weighted by Crippen LogP contribution is 2.30. The van der Waals surface area contributed by atoms with Crippen LogP contribution in [-0.4, -0.2) is 30.1 Å². The fraction of sp³-hybridized carbons (Fsp3) is 0.278. The Kier molecular flexibility index (Phi) is 4.90. The van der Waals surface area contributed by atoms with Gasteiger partial charge in [0.15, 0.2) is 0 Å². The molecule has 1 amide bonds. The molecule has 9 heteroatoms. The molecule has 2 aromatic rings. The molecule has 0 saturated carbocycles. The maximum atomic E-state index is 12.6. The van der Waals surface area contributed by atoms with Gasteiger partial charge in [0.25, 0.3) is 5.91 Å². The first kappa shape index (κ1) is 18.5. The summed E-state index contributed by atoms with van der Waals surface area (Å²) in [4.78, 5) is 17.3. The van der Waals surface area contributed by atoms with E-state index in [1.807, 2.05) is 11.0 Å². The van der Waals surface area contributed by atoms with Crippen LogP contribution in [0, 0.1) is 11.3 Å². The third-order valence-corrected chi connectivity index (χ3v) is 4.23. The van der Waals surface area contributed by atoms with Gasteiger partial charge in [-0.05, 0) is 24.3 Å². The number of hydrogen-bond acceptors (Lipinski definition) is 5. The summed E-state index contributed by atoms with van der Waals surface area (Å²) >= 11 is 0. The van der Waals surface area contributed by atoms with Gasteiger partial charge in [-0.2, -0.15) is 18.4 Å². The van der Waals surface area contributed by atoms with E-state index in [4.69, 9.17) is 15.7 Å². The number of rotatable bonds is 4. The molecule has 0 aliphatic carbocycles. The van der Waals surface area contributed by atoms with Crippen molar-refractivity contribution in [1.29, 1.82) is 5.26 Å². The smallest absolute Gasteiger partial charge is 0.417 e. The molecule has 1 aromatic carbocycles. The van der Waals surface area contributed by atoms with E-state index in [9.17, 15) is 18.0 Å². The summed E-state index contributed by atoms with van der Waals surface area (Å²) in [6.45, 7) is 0.979. The lowest BCUT2D eigenvalue weighted by Gasteiger charge is -2.21. The minimum absolute atomic E-state index is 0.102. The van der Waals surface area contributed by atoms with Crippen LogP contribution in [-0.2, 0) is 6.18 Å². The Labute approximate surface area is 153 Å². The van der Waals surface area contributed by atoms with Gasteiger partial charge in [0.05, 0.1) is 29.3 Å². The second kappa shape index (κ2) is 7.15. The fourth-order valence-electron chi connectivity index (χ4n) is 2.91. The average Bonchev–Trinajstić information content (AvgIpc) is 3.09. The number of aromatic nitrogens is 1. The number of benzene rings is 1. The zero-order valence-electron chi connectivity index (χ0n) is 14.0. The van der Waals surface area contributed by atoms with Crippen molar-refractivity contribution < 1.29 is 22.7 Å². The average molecular weight is 376 g/mol. The Balaban J connectivity index is 1.71. The molecule has 1 unspecified atom stereocenters. The number of nitriles is 1. The monoisotopic (exact) mass is 376 g/mol. The van der Waals surface area contributed by atoms with Crippen molar-refractivity contribution in [3.05, 3.63) is 53.2 Å². The van der Waals surface area contributed by atoms with Gasteiger partial charge in [-0.1, -0.05) is 0 Å². The Hall–Kier alpha value is -3.28. The molecule has 1 aliphatic rings. The summed E-state index contributed by atoms with van der Waals surface area (Å²) in [7, 11) is 0. The van der Waals surface area contributed by atoms with Crippen molar-refractivity contribution in [3.63, 3.8) is 0 Å². The molecule has 1 fully saturated rings. The third kappa shape index (κ3) is 4.11. The van der Waals surface area contributed by atoms with E-state index in [-0.39, 0.29) is 17.5 Å². The summed E-state index contributed by atoms with van der Waals surface area (Å²) in [6.07, 6.45) is -3.42. The molecule has 27 heavy (non-hydrogen) atoms. The molecule has 2 N–H and O–H groups in total. The number of carbonyl (C=O) groups is 1. The molecule has 1 saturated heterocycles. The third-order valence-electron chi connectivity index (χ3n) is 4.23. The second-order valence-corrected chi connectivity index (χ2v) is 6.07. The van der Waals surface area contributed by atoms with Gasteiger partial charge in [-0.25, -0.2) is 4.98 Å². The number of hydrogen-bond donors (Lipinski definition) is 1. The van der Waals surface area contributed by atoms with Gasteiger partial charge in [-0.15, -0.1) is 0 Å². The number of pyridine rings is 1. The fourth-order valence-corrected chi connectivity index (χ4v) is 2.91. The van der Waals surface area contributed by atoms with Crippen LogP contribution in [0.1, 0.15) is 27.9 Å². The lowest BCUT2D eigenvalue weighted by atomic mass is 10.1. The molecule has 1 atom stereocenters. The Morgan fingerprint density at radius 3 is 2.70 bits per heavy atom. The van der Waals surface area contributed by atoms with E-state index in [0.717, 1.165) is 12.3 Å². The van der Waals surface area contributed by atoms with Crippen LogP contribution >= 0.6 is 0 Å². The van der Waals surface area contributed by atoms with Gasteiger partial charge in [0, 0.05) is 30.9 Å². The van der Waals surface area contributed by atoms with Crippen LogP contribution < -0.4 is 15.4 Å². The van der Waals surface area contributed by atoms with Gasteiger partial charge in [-0.3, -0.25) is 4.79 Å². The molecule has 1 aliphatic heterocycles. The highest BCUT2D eigenvalue weighted by molar-refractivity contribution is 5.99. The largest absolute Gasteiger partial charge is 0.472 e. The first-order valence-corrected chi connectivity index (χ1v) is 8.06. The summed E-state index contributed by atoms with van der Waals surface area (Å²) in [6, 6.07) is 8.73. The quantitative estimate of drug-likeness (QED) is 0.886. The van der Waals surface area contributed by atoms with E-state index < -0.39 is 17.6 Å². The molecule has 0 bridgehead atoms. The number of nitrogens with zero attached hydrogens (tertiary/aromatic N) is 3. The van der Waals surface area contributed by atoms with Crippen LogP contribution in [0.2, 0.25) is 0 Å². The van der Waals surface area contributed by atoms with E-state index >= 15 is 0 Å². The Morgan fingerprint density at radius 1 is 1.33 bits per heavy atom. The predicted molar refractivity (Wildman–Crippen MR) is 90.2 cm³/mol. The van der Waals surface area contributed by atoms with Crippen molar-refractivity contribution >= 4 is 11.6 Å². The van der Waals surface area contributed by atoms with E-state index in [2.05, 4.69) is 4.98 Å². The molecule has 6 nitrogen and oxygen atoms in total. The Bertz CT molecular complexity index is 891. The Morgan fingerprint density at radius 2 is 2.11 bits per heavy atom. The molecular formula is C18H15F3N4O2. The molecule has 1 aromatic heterocycles. The first-order valence-electron chi connectivity index (χ1n) is 8.06. The molecule has 0 spiro atoms. The molecular weight excluding hydrogens is 361 g/mol. The summed E-state index contributed by atoms with van der Waals surface area (Å²) in [5, 5.41) is 8.96. The number of primary amides is 1. The van der Waals surface area contributed by atoms with Gasteiger partial charge < -0.3 is 15.4 Å². The van der Waals surface area contributed by atoms with Crippen molar-refractivity contribution in [2.75, 3.05) is 18.0 Å². The van der Waals surface area contributed by atoms with Gasteiger partial charge in [0.1, 0.15) is 6.10 Å². The number of ether oxygens (including phenoxy) is 1. The SMILES string of the molecule is N#Cc1ccc(N2CCC(Oc3ccc(C(F)(F)F)cn3)C2)c(C(N)=O)c1. The highest BCUT2D eigenvalue weighted by Gasteiger charge is 2.31. The highest BCUT2D eigenvalue weighted by atomic mass is 19.4. The van der Waals surface area contributed by atoms with Crippen molar-refractivity contribution in [1.82, 2.24) is 4.98 Å². The standard InChI is InChI=1S/C18H15F3N4O2/c19-18(20,21)12-2-4-16(24-9-12)27-13-5-6-25(10-13)15-3-1-11(8-22)7-14(15)17(23)26/h1-4,7,9,13H,5-6,10H2,(H2,23,26). The van der Waals surface area contributed by atoms with E-state index in [1.54, 1.807) is 12.1 Å². The van der Waals surface area contributed by atoms with Gasteiger partial charge in [0.2, 0.25) is 5.88 Å². The minimum atomic E-state index is -4.45. The van der Waals surface area contributed by atoms with Crippen molar-refractivity contribution in [2.45, 2.75) is 18.7 Å². The summed E-state index contributed by atoms with van der Waals surface area (Å²) in [5.41, 5.74) is 5.72. The number of amides is 1.